The number of hydrogen-bond donors (Lipinski definition) is 1. The van der Waals surface area contributed by atoms with Gasteiger partial charge in [-0.1, -0.05) is 18.2 Å². The van der Waals surface area contributed by atoms with E-state index in [9.17, 15) is 4.79 Å². The predicted octanol–water partition coefficient (Wildman–Crippen LogP) is 2.88. The van der Waals surface area contributed by atoms with Crippen molar-refractivity contribution in [2.45, 2.75) is 37.1 Å². The van der Waals surface area contributed by atoms with E-state index in [1.807, 2.05) is 0 Å². The molecule has 1 aromatic carbocycles. The number of nitrogens with zero attached hydrogens (tertiary/aromatic N) is 1. The lowest BCUT2D eigenvalue weighted by atomic mass is 9.56. The van der Waals surface area contributed by atoms with Gasteiger partial charge in [0.1, 0.15) is 5.41 Å². The number of hydrogen-bond acceptors (Lipinski definition) is 4. The van der Waals surface area contributed by atoms with Crippen LogP contribution in [0.25, 0.3) is 10.9 Å². The standard InChI is InChI=1S/C22H28N2O3/c1-26-10-8-15-11-14-12-22(21(25)27-2)19-17(7-9-24(13-14)20(15)22)16-5-3-4-6-18(16)23-19/h3-6,14-15,20,23H,7-13H2,1-2H3/t14?,15?,20-,22+/m0/s1. The predicted molar refractivity (Wildman–Crippen MR) is 104 cm³/mol. The number of nitrogens with one attached hydrogen (secondary N) is 1. The lowest BCUT2D eigenvalue weighted by molar-refractivity contribution is -0.162. The van der Waals surface area contributed by atoms with E-state index in [1.165, 1.54) is 17.4 Å². The van der Waals surface area contributed by atoms with Crippen LogP contribution in [0.5, 0.6) is 0 Å². The van der Waals surface area contributed by atoms with Crippen LogP contribution < -0.4 is 0 Å². The molecular formula is C22H28N2O3. The molecule has 3 unspecified atom stereocenters. The highest BCUT2D eigenvalue weighted by atomic mass is 16.5. The summed E-state index contributed by atoms with van der Waals surface area (Å²) < 4.78 is 10.9. The monoisotopic (exact) mass is 368 g/mol. The van der Waals surface area contributed by atoms with Gasteiger partial charge < -0.3 is 14.5 Å². The molecule has 1 saturated carbocycles. The minimum absolute atomic E-state index is 0.0703. The van der Waals surface area contributed by atoms with Crippen LogP contribution in [0.3, 0.4) is 0 Å². The van der Waals surface area contributed by atoms with Gasteiger partial charge in [0, 0.05) is 49.4 Å². The van der Waals surface area contributed by atoms with Gasteiger partial charge in [-0.05, 0) is 49.1 Å². The molecular weight excluding hydrogens is 340 g/mol. The smallest absolute Gasteiger partial charge is 0.319 e. The summed E-state index contributed by atoms with van der Waals surface area (Å²) in [7, 11) is 3.31. The van der Waals surface area contributed by atoms with Gasteiger partial charge in [0.15, 0.2) is 0 Å². The molecule has 27 heavy (non-hydrogen) atoms. The highest BCUT2D eigenvalue weighted by Gasteiger charge is 2.62. The van der Waals surface area contributed by atoms with E-state index in [4.69, 9.17) is 9.47 Å². The molecule has 0 radical (unpaired) electrons. The second-order valence-corrected chi connectivity index (χ2v) is 8.52. The topological polar surface area (TPSA) is 54.6 Å². The van der Waals surface area contributed by atoms with E-state index in [0.717, 1.165) is 50.2 Å². The van der Waals surface area contributed by atoms with Gasteiger partial charge in [-0.3, -0.25) is 9.69 Å². The van der Waals surface area contributed by atoms with Gasteiger partial charge in [-0.25, -0.2) is 0 Å². The highest BCUT2D eigenvalue weighted by Crippen LogP contribution is 2.55. The Kier molecular flexibility index (Phi) is 4.06. The van der Waals surface area contributed by atoms with E-state index < -0.39 is 5.41 Å². The molecule has 0 spiro atoms. The molecule has 5 atom stereocenters. The molecule has 2 saturated heterocycles. The summed E-state index contributed by atoms with van der Waals surface area (Å²) in [5, 5.41) is 1.26. The zero-order valence-electron chi connectivity index (χ0n) is 16.2. The number of para-hydroxylation sites is 1. The summed E-state index contributed by atoms with van der Waals surface area (Å²) in [6.07, 6.45) is 4.07. The van der Waals surface area contributed by atoms with Crippen molar-refractivity contribution >= 4 is 16.9 Å². The Morgan fingerprint density at radius 1 is 1.33 bits per heavy atom. The van der Waals surface area contributed by atoms with Crippen LogP contribution in [-0.2, 0) is 26.1 Å². The minimum atomic E-state index is -0.584. The van der Waals surface area contributed by atoms with E-state index in [-0.39, 0.29) is 12.0 Å². The Balaban J connectivity index is 1.72. The highest BCUT2D eigenvalue weighted by molar-refractivity contribution is 5.91. The third-order valence-electron chi connectivity index (χ3n) is 7.24. The zero-order chi connectivity index (χ0) is 18.6. The Hall–Kier alpha value is -1.85. The average Bonchev–Trinajstić information content (AvgIpc) is 3.04. The number of H-pyrrole nitrogens is 1. The molecule has 2 aromatic rings. The van der Waals surface area contributed by atoms with Gasteiger partial charge in [0.05, 0.1) is 7.11 Å². The molecule has 4 bridgehead atoms. The number of aromatic nitrogens is 1. The third kappa shape index (κ3) is 2.34. The molecule has 4 aliphatic rings. The number of piperidine rings is 2. The Bertz CT molecular complexity index is 876. The molecule has 3 aliphatic heterocycles. The quantitative estimate of drug-likeness (QED) is 0.843. The fourth-order valence-electron chi connectivity index (χ4n) is 6.42. The molecule has 5 heteroatoms. The van der Waals surface area contributed by atoms with Crippen LogP contribution in [-0.4, -0.2) is 55.8 Å². The third-order valence-corrected chi connectivity index (χ3v) is 7.24. The van der Waals surface area contributed by atoms with E-state index in [2.05, 4.69) is 34.1 Å². The number of ether oxygens (including phenoxy) is 2. The molecule has 5 nitrogen and oxygen atoms in total. The summed E-state index contributed by atoms with van der Waals surface area (Å²) in [4.78, 5) is 19.7. The Labute approximate surface area is 160 Å². The largest absolute Gasteiger partial charge is 0.468 e. The minimum Gasteiger partial charge on any atom is -0.468 e. The first-order valence-corrected chi connectivity index (χ1v) is 10.1. The van der Waals surface area contributed by atoms with Crippen LogP contribution in [0.4, 0.5) is 0 Å². The van der Waals surface area contributed by atoms with Gasteiger partial charge in [-0.15, -0.1) is 0 Å². The number of carbonyl (C=O) groups excluding carboxylic acids is 1. The Morgan fingerprint density at radius 3 is 3.00 bits per heavy atom. The number of fused-ring (bicyclic) bond motifs is 4. The first-order valence-electron chi connectivity index (χ1n) is 10.1. The van der Waals surface area contributed by atoms with Crippen molar-refractivity contribution in [2.75, 3.05) is 33.9 Å². The molecule has 1 aromatic heterocycles. The summed E-state index contributed by atoms with van der Waals surface area (Å²) in [6.45, 7) is 2.87. The van der Waals surface area contributed by atoms with Crippen LogP contribution in [0.2, 0.25) is 0 Å². The SMILES string of the molecule is COCCC1CC2CN3CCc4c([nH]c5ccccc45)[C@](C(=O)OC)(C2)[C@H]13. The van der Waals surface area contributed by atoms with Gasteiger partial charge in [0.25, 0.3) is 0 Å². The van der Waals surface area contributed by atoms with Crippen LogP contribution in [0, 0.1) is 11.8 Å². The molecule has 1 aliphatic carbocycles. The summed E-state index contributed by atoms with van der Waals surface area (Å²) >= 11 is 0. The molecule has 1 N–H and O–H groups in total. The number of methoxy groups -OCH3 is 2. The maximum atomic E-state index is 13.4. The normalized spacial score (nSPS) is 34.3. The number of esters is 1. The second kappa shape index (κ2) is 6.35. The summed E-state index contributed by atoms with van der Waals surface area (Å²) in [6, 6.07) is 8.65. The fraction of sp³-hybridized carbons (Fsp3) is 0.591. The number of benzene rings is 1. The number of rotatable bonds is 4. The first kappa shape index (κ1) is 17.3. The number of aromatic amines is 1. The van der Waals surface area contributed by atoms with Crippen molar-refractivity contribution in [3.8, 4) is 0 Å². The molecule has 3 fully saturated rings. The lowest BCUT2D eigenvalue weighted by Crippen LogP contribution is -2.67. The zero-order valence-corrected chi connectivity index (χ0v) is 16.2. The molecule has 144 valence electrons. The van der Waals surface area contributed by atoms with Crippen molar-refractivity contribution in [3.63, 3.8) is 0 Å². The number of carbonyl (C=O) groups is 1. The lowest BCUT2D eigenvalue weighted by Gasteiger charge is -2.58. The maximum absolute atomic E-state index is 13.4. The second-order valence-electron chi connectivity index (χ2n) is 8.52. The van der Waals surface area contributed by atoms with Crippen molar-refractivity contribution in [1.82, 2.24) is 9.88 Å². The first-order chi connectivity index (χ1) is 13.2. The van der Waals surface area contributed by atoms with Crippen molar-refractivity contribution in [3.05, 3.63) is 35.5 Å². The van der Waals surface area contributed by atoms with Gasteiger partial charge >= 0.3 is 5.97 Å². The Morgan fingerprint density at radius 2 is 2.19 bits per heavy atom. The van der Waals surface area contributed by atoms with Gasteiger partial charge in [-0.2, -0.15) is 0 Å². The van der Waals surface area contributed by atoms with Gasteiger partial charge in [0.2, 0.25) is 0 Å². The van der Waals surface area contributed by atoms with Crippen LogP contribution in [0.1, 0.15) is 30.5 Å². The fourth-order valence-corrected chi connectivity index (χ4v) is 6.42. The summed E-state index contributed by atoms with van der Waals surface area (Å²) in [5.74, 6) is 0.932. The van der Waals surface area contributed by atoms with E-state index >= 15 is 0 Å². The molecule has 0 amide bonds. The van der Waals surface area contributed by atoms with Crippen molar-refractivity contribution in [1.29, 1.82) is 0 Å². The van der Waals surface area contributed by atoms with Crippen LogP contribution in [0.15, 0.2) is 24.3 Å². The van der Waals surface area contributed by atoms with Crippen LogP contribution >= 0.6 is 0 Å². The maximum Gasteiger partial charge on any atom is 0.319 e. The molecule has 4 heterocycles. The van der Waals surface area contributed by atoms with E-state index in [1.54, 1.807) is 14.2 Å². The van der Waals surface area contributed by atoms with E-state index in [0.29, 0.717) is 11.8 Å². The molecule has 6 rings (SSSR count). The average molecular weight is 368 g/mol. The summed E-state index contributed by atoms with van der Waals surface area (Å²) in [5.41, 5.74) is 2.99. The van der Waals surface area contributed by atoms with Crippen molar-refractivity contribution in [2.24, 2.45) is 11.8 Å². The van der Waals surface area contributed by atoms with Crippen molar-refractivity contribution < 1.29 is 14.3 Å².